The lowest BCUT2D eigenvalue weighted by Crippen LogP contribution is -2.58. The normalized spacial score (nSPS) is 15.6. The lowest BCUT2D eigenvalue weighted by atomic mass is 10.0. The van der Waals surface area contributed by atoms with Gasteiger partial charge in [0.25, 0.3) is 0 Å². The van der Waals surface area contributed by atoms with Crippen LogP contribution in [-0.4, -0.2) is 75.0 Å². The maximum absolute atomic E-state index is 12.7. The maximum Gasteiger partial charge on any atom is 0.327 e. The van der Waals surface area contributed by atoms with Crippen LogP contribution < -0.4 is 21.7 Å². The van der Waals surface area contributed by atoms with Crippen LogP contribution in [0.25, 0.3) is 0 Å². The summed E-state index contributed by atoms with van der Waals surface area (Å²) in [6.07, 6.45) is -1.14. The molecule has 0 radical (unpaired) electrons. The largest absolute Gasteiger partial charge is 0.508 e. The van der Waals surface area contributed by atoms with Crippen LogP contribution in [0.2, 0.25) is 0 Å². The summed E-state index contributed by atoms with van der Waals surface area (Å²) in [6, 6.07) is 1.12. The third-order valence-corrected chi connectivity index (χ3v) is 4.75. The molecule has 0 spiro atoms. The predicted octanol–water partition coefficient (Wildman–Crippen LogP) is -1.87. The van der Waals surface area contributed by atoms with E-state index in [-0.39, 0.29) is 17.9 Å². The average molecular weight is 457 g/mol. The van der Waals surface area contributed by atoms with Gasteiger partial charge >= 0.3 is 5.97 Å². The topological polar surface area (TPSA) is 191 Å². The molecule has 31 heavy (non-hydrogen) atoms. The Morgan fingerprint density at radius 2 is 1.52 bits per heavy atom. The second kappa shape index (κ2) is 12.1. The summed E-state index contributed by atoms with van der Waals surface area (Å²) in [4.78, 5) is 48.3. The van der Waals surface area contributed by atoms with Gasteiger partial charge in [-0.2, -0.15) is 12.6 Å². The van der Waals surface area contributed by atoms with Crippen molar-refractivity contribution in [1.82, 2.24) is 16.0 Å². The molecule has 12 heteroatoms. The first-order chi connectivity index (χ1) is 14.5. The zero-order chi connectivity index (χ0) is 23.7. The number of hydrogen-bond acceptors (Lipinski definition) is 8. The summed E-state index contributed by atoms with van der Waals surface area (Å²) in [5.41, 5.74) is 6.12. The molecule has 1 rings (SSSR count). The van der Waals surface area contributed by atoms with Crippen molar-refractivity contribution in [3.63, 3.8) is 0 Å². The molecule has 0 saturated carbocycles. The molecule has 5 unspecified atom stereocenters. The minimum atomic E-state index is -1.29. The number of aliphatic hydroxyl groups excluding tert-OH is 1. The number of carbonyl (C=O) groups is 4. The van der Waals surface area contributed by atoms with Gasteiger partial charge in [-0.1, -0.05) is 12.1 Å². The highest BCUT2D eigenvalue weighted by Gasteiger charge is 2.29. The molecule has 0 fully saturated rings. The van der Waals surface area contributed by atoms with E-state index >= 15 is 0 Å². The van der Waals surface area contributed by atoms with E-state index in [2.05, 4.69) is 28.6 Å². The Morgan fingerprint density at radius 1 is 0.968 bits per heavy atom. The van der Waals surface area contributed by atoms with E-state index in [0.29, 0.717) is 5.56 Å². The monoisotopic (exact) mass is 456 g/mol. The number of benzene rings is 1. The quantitative estimate of drug-likeness (QED) is 0.178. The third kappa shape index (κ3) is 8.44. The second-order valence-corrected chi connectivity index (χ2v) is 7.38. The molecule has 5 atom stereocenters. The van der Waals surface area contributed by atoms with Crippen molar-refractivity contribution in [2.75, 3.05) is 5.75 Å². The van der Waals surface area contributed by atoms with Crippen molar-refractivity contribution < 1.29 is 34.5 Å². The van der Waals surface area contributed by atoms with Crippen LogP contribution in [0.3, 0.4) is 0 Å². The summed E-state index contributed by atoms with van der Waals surface area (Å²) < 4.78 is 0. The van der Waals surface area contributed by atoms with Crippen LogP contribution in [0.5, 0.6) is 5.75 Å². The molecule has 0 aliphatic heterocycles. The molecule has 8 N–H and O–H groups in total. The number of amides is 3. The minimum Gasteiger partial charge on any atom is -0.508 e. The molecule has 0 saturated heterocycles. The van der Waals surface area contributed by atoms with E-state index in [1.54, 1.807) is 12.1 Å². The van der Waals surface area contributed by atoms with Gasteiger partial charge in [-0.05, 0) is 31.5 Å². The molecule has 0 bridgehead atoms. The fraction of sp³-hybridized carbons (Fsp3) is 0.474. The number of aliphatic carboxylic acids is 1. The Bertz CT molecular complexity index is 788. The SMILES string of the molecule is CC(NC(=O)C(N)C(C)O)C(=O)NC(Cc1ccc(O)cc1)C(=O)NC(CS)C(=O)O. The van der Waals surface area contributed by atoms with E-state index < -0.39 is 54.0 Å². The highest BCUT2D eigenvalue weighted by molar-refractivity contribution is 7.80. The number of nitrogens with two attached hydrogens (primary N) is 1. The molecular formula is C19H28N4O7S. The molecule has 0 heterocycles. The fourth-order valence-electron chi connectivity index (χ4n) is 2.43. The number of aromatic hydroxyl groups is 1. The van der Waals surface area contributed by atoms with Crippen LogP contribution in [0, 0.1) is 0 Å². The number of phenols is 1. The number of phenolic OH excluding ortho intramolecular Hbond substituents is 1. The summed E-state index contributed by atoms with van der Waals surface area (Å²) >= 11 is 3.89. The summed E-state index contributed by atoms with van der Waals surface area (Å²) in [6.45, 7) is 2.69. The summed E-state index contributed by atoms with van der Waals surface area (Å²) in [7, 11) is 0. The lowest BCUT2D eigenvalue weighted by Gasteiger charge is -2.24. The van der Waals surface area contributed by atoms with Crippen molar-refractivity contribution in [1.29, 1.82) is 0 Å². The third-order valence-electron chi connectivity index (χ3n) is 4.38. The number of carboxylic acids is 1. The zero-order valence-electron chi connectivity index (χ0n) is 17.1. The average Bonchev–Trinajstić information content (AvgIpc) is 2.71. The zero-order valence-corrected chi connectivity index (χ0v) is 18.0. The van der Waals surface area contributed by atoms with Gasteiger partial charge in [-0.15, -0.1) is 0 Å². The number of aliphatic hydroxyl groups is 1. The number of rotatable bonds is 11. The van der Waals surface area contributed by atoms with E-state index in [1.165, 1.54) is 26.0 Å². The van der Waals surface area contributed by atoms with Crippen LogP contribution >= 0.6 is 12.6 Å². The van der Waals surface area contributed by atoms with Crippen LogP contribution in [0.1, 0.15) is 19.4 Å². The molecule has 11 nitrogen and oxygen atoms in total. The molecule has 0 aromatic heterocycles. The van der Waals surface area contributed by atoms with Gasteiger partial charge < -0.3 is 37.0 Å². The highest BCUT2D eigenvalue weighted by Crippen LogP contribution is 2.12. The molecule has 1 aromatic carbocycles. The molecule has 172 valence electrons. The fourth-order valence-corrected chi connectivity index (χ4v) is 2.67. The second-order valence-electron chi connectivity index (χ2n) is 7.01. The molecule has 0 aliphatic carbocycles. The highest BCUT2D eigenvalue weighted by atomic mass is 32.1. The Labute approximate surface area is 184 Å². The number of carboxylic acid groups (broad SMARTS) is 1. The summed E-state index contributed by atoms with van der Waals surface area (Å²) in [5.74, 6) is -3.67. The first-order valence-electron chi connectivity index (χ1n) is 9.42. The van der Waals surface area contributed by atoms with E-state index in [1.807, 2.05) is 0 Å². The van der Waals surface area contributed by atoms with Gasteiger partial charge in [-0.3, -0.25) is 14.4 Å². The van der Waals surface area contributed by atoms with Gasteiger partial charge in [0, 0.05) is 12.2 Å². The lowest BCUT2D eigenvalue weighted by molar-refractivity contribution is -0.141. The van der Waals surface area contributed by atoms with Gasteiger partial charge in [0.1, 0.15) is 29.9 Å². The maximum atomic E-state index is 12.7. The Morgan fingerprint density at radius 3 is 2.00 bits per heavy atom. The molecule has 0 aliphatic rings. The molecule has 3 amide bonds. The van der Waals surface area contributed by atoms with Gasteiger partial charge in [-0.25, -0.2) is 4.79 Å². The van der Waals surface area contributed by atoms with Gasteiger partial charge in [0.15, 0.2) is 0 Å². The Balaban J connectivity index is 2.95. The van der Waals surface area contributed by atoms with Crippen molar-refractivity contribution in [3.8, 4) is 5.75 Å². The van der Waals surface area contributed by atoms with Crippen LogP contribution in [0.4, 0.5) is 0 Å². The number of thiol groups is 1. The van der Waals surface area contributed by atoms with E-state index in [9.17, 15) is 29.4 Å². The van der Waals surface area contributed by atoms with Crippen molar-refractivity contribution in [2.24, 2.45) is 5.73 Å². The molecule has 1 aromatic rings. The summed E-state index contributed by atoms with van der Waals surface area (Å²) in [5, 5.41) is 35.0. The van der Waals surface area contributed by atoms with E-state index in [4.69, 9.17) is 10.8 Å². The minimum absolute atomic E-state index is 0.00931. The van der Waals surface area contributed by atoms with Crippen molar-refractivity contribution in [2.45, 2.75) is 50.5 Å². The first kappa shape index (κ1) is 26.2. The first-order valence-corrected chi connectivity index (χ1v) is 10.1. The van der Waals surface area contributed by atoms with Crippen LogP contribution in [0.15, 0.2) is 24.3 Å². The smallest absolute Gasteiger partial charge is 0.327 e. The number of nitrogens with one attached hydrogen (secondary N) is 3. The Kier molecular flexibility index (Phi) is 10.3. The van der Waals surface area contributed by atoms with Crippen LogP contribution in [-0.2, 0) is 25.6 Å². The predicted molar refractivity (Wildman–Crippen MR) is 114 cm³/mol. The number of hydrogen-bond donors (Lipinski definition) is 8. The molecular weight excluding hydrogens is 428 g/mol. The number of carbonyl (C=O) groups excluding carboxylic acids is 3. The Hall–Kier alpha value is -2.83. The van der Waals surface area contributed by atoms with Crippen molar-refractivity contribution in [3.05, 3.63) is 29.8 Å². The van der Waals surface area contributed by atoms with E-state index in [0.717, 1.165) is 0 Å². The van der Waals surface area contributed by atoms with Gasteiger partial charge in [0.2, 0.25) is 17.7 Å². The van der Waals surface area contributed by atoms with Crippen molar-refractivity contribution >= 4 is 36.3 Å². The standard InChI is InChI=1S/C19H28N4O7S/c1-9(21-18(28)15(20)10(2)24)16(26)22-13(7-11-3-5-12(25)6-4-11)17(27)23-14(8-31)19(29)30/h3-6,9-10,13-15,24-25,31H,7-8,20H2,1-2H3,(H,21,28)(H,22,26)(H,23,27)(H,29,30). The van der Waals surface area contributed by atoms with Gasteiger partial charge in [0.05, 0.1) is 6.10 Å².